The van der Waals surface area contributed by atoms with Crippen LogP contribution < -0.4 is 10.6 Å². The SMILES string of the molecule is CCNC(=O)CN[C@H](C)c1ccccc1. The predicted octanol–water partition coefficient (Wildman–Crippen LogP) is 1.47. The van der Waals surface area contributed by atoms with Crippen molar-refractivity contribution in [1.82, 2.24) is 10.6 Å². The Kier molecular flexibility index (Phi) is 4.84. The van der Waals surface area contributed by atoms with Crippen molar-refractivity contribution >= 4 is 5.91 Å². The van der Waals surface area contributed by atoms with Crippen LogP contribution in [0.5, 0.6) is 0 Å². The van der Waals surface area contributed by atoms with Crippen LogP contribution in [0.1, 0.15) is 25.5 Å². The van der Waals surface area contributed by atoms with Gasteiger partial charge < -0.3 is 10.6 Å². The van der Waals surface area contributed by atoms with Crippen molar-refractivity contribution in [2.75, 3.05) is 13.1 Å². The van der Waals surface area contributed by atoms with Crippen LogP contribution in [0.2, 0.25) is 0 Å². The van der Waals surface area contributed by atoms with Crippen molar-refractivity contribution in [2.45, 2.75) is 19.9 Å². The van der Waals surface area contributed by atoms with E-state index >= 15 is 0 Å². The maximum absolute atomic E-state index is 11.2. The first-order valence-corrected chi connectivity index (χ1v) is 5.29. The molecule has 82 valence electrons. The largest absolute Gasteiger partial charge is 0.355 e. The topological polar surface area (TPSA) is 41.1 Å². The lowest BCUT2D eigenvalue weighted by Crippen LogP contribution is -2.34. The fourth-order valence-corrected chi connectivity index (χ4v) is 1.37. The van der Waals surface area contributed by atoms with Gasteiger partial charge in [-0.25, -0.2) is 0 Å². The predicted molar refractivity (Wildman–Crippen MR) is 61.5 cm³/mol. The van der Waals surface area contributed by atoms with Crippen LogP contribution >= 0.6 is 0 Å². The molecule has 0 aliphatic carbocycles. The number of hydrogen-bond acceptors (Lipinski definition) is 2. The third kappa shape index (κ3) is 4.13. The second-order valence-electron chi connectivity index (χ2n) is 3.47. The summed E-state index contributed by atoms with van der Waals surface area (Å²) in [5, 5.41) is 5.92. The molecule has 0 aliphatic heterocycles. The zero-order valence-electron chi connectivity index (χ0n) is 9.29. The highest BCUT2D eigenvalue weighted by Gasteiger charge is 2.05. The Morgan fingerprint density at radius 3 is 2.60 bits per heavy atom. The number of likely N-dealkylation sites (N-methyl/N-ethyl adjacent to an activating group) is 1. The average Bonchev–Trinajstić information content (AvgIpc) is 2.27. The molecule has 0 fully saturated rings. The second-order valence-corrected chi connectivity index (χ2v) is 3.47. The molecule has 1 aromatic rings. The zero-order chi connectivity index (χ0) is 11.1. The summed E-state index contributed by atoms with van der Waals surface area (Å²) in [6.45, 7) is 5.01. The highest BCUT2D eigenvalue weighted by molar-refractivity contribution is 5.77. The van der Waals surface area contributed by atoms with Gasteiger partial charge in [-0.05, 0) is 19.4 Å². The van der Waals surface area contributed by atoms with Crippen molar-refractivity contribution in [3.05, 3.63) is 35.9 Å². The Morgan fingerprint density at radius 2 is 2.00 bits per heavy atom. The van der Waals surface area contributed by atoms with E-state index in [2.05, 4.69) is 29.7 Å². The molecule has 0 aliphatic rings. The summed E-state index contributed by atoms with van der Waals surface area (Å²) in [6, 6.07) is 10.3. The Balaban J connectivity index is 2.37. The van der Waals surface area contributed by atoms with Crippen LogP contribution in [0.15, 0.2) is 30.3 Å². The summed E-state index contributed by atoms with van der Waals surface area (Å²) in [6.07, 6.45) is 0. The van der Waals surface area contributed by atoms with Gasteiger partial charge in [0.1, 0.15) is 0 Å². The van der Waals surface area contributed by atoms with Gasteiger partial charge in [0.15, 0.2) is 0 Å². The maximum Gasteiger partial charge on any atom is 0.233 e. The molecule has 3 heteroatoms. The fraction of sp³-hybridized carbons (Fsp3) is 0.417. The van der Waals surface area contributed by atoms with Gasteiger partial charge in [0.2, 0.25) is 5.91 Å². The van der Waals surface area contributed by atoms with Crippen LogP contribution in [-0.4, -0.2) is 19.0 Å². The van der Waals surface area contributed by atoms with E-state index < -0.39 is 0 Å². The molecular weight excluding hydrogens is 188 g/mol. The molecule has 0 radical (unpaired) electrons. The van der Waals surface area contributed by atoms with Gasteiger partial charge in [0, 0.05) is 12.6 Å². The highest BCUT2D eigenvalue weighted by Crippen LogP contribution is 2.10. The van der Waals surface area contributed by atoms with E-state index in [9.17, 15) is 4.79 Å². The van der Waals surface area contributed by atoms with E-state index in [0.717, 1.165) is 0 Å². The van der Waals surface area contributed by atoms with E-state index in [0.29, 0.717) is 13.1 Å². The summed E-state index contributed by atoms with van der Waals surface area (Å²) in [7, 11) is 0. The van der Waals surface area contributed by atoms with Gasteiger partial charge >= 0.3 is 0 Å². The van der Waals surface area contributed by atoms with Crippen molar-refractivity contribution < 1.29 is 4.79 Å². The van der Waals surface area contributed by atoms with Gasteiger partial charge in [-0.1, -0.05) is 30.3 Å². The third-order valence-corrected chi connectivity index (χ3v) is 2.24. The van der Waals surface area contributed by atoms with Crippen molar-refractivity contribution in [1.29, 1.82) is 0 Å². The third-order valence-electron chi connectivity index (χ3n) is 2.24. The Morgan fingerprint density at radius 1 is 1.33 bits per heavy atom. The summed E-state index contributed by atoms with van der Waals surface area (Å²) in [5.74, 6) is 0.0419. The molecule has 3 nitrogen and oxygen atoms in total. The number of amides is 1. The van der Waals surface area contributed by atoms with Crippen LogP contribution in [0, 0.1) is 0 Å². The van der Waals surface area contributed by atoms with Gasteiger partial charge in [-0.3, -0.25) is 4.79 Å². The first kappa shape index (κ1) is 11.7. The summed E-state index contributed by atoms with van der Waals surface area (Å²) >= 11 is 0. The molecule has 1 aromatic carbocycles. The molecule has 0 unspecified atom stereocenters. The molecule has 0 bridgehead atoms. The van der Waals surface area contributed by atoms with Gasteiger partial charge in [-0.15, -0.1) is 0 Å². The van der Waals surface area contributed by atoms with Crippen LogP contribution in [-0.2, 0) is 4.79 Å². The fourth-order valence-electron chi connectivity index (χ4n) is 1.37. The molecule has 1 atom stereocenters. The van der Waals surface area contributed by atoms with Crippen molar-refractivity contribution in [3.63, 3.8) is 0 Å². The van der Waals surface area contributed by atoms with Crippen LogP contribution in [0.25, 0.3) is 0 Å². The van der Waals surface area contributed by atoms with Gasteiger partial charge in [0.05, 0.1) is 6.54 Å². The smallest absolute Gasteiger partial charge is 0.233 e. The Hall–Kier alpha value is -1.35. The first-order valence-electron chi connectivity index (χ1n) is 5.29. The number of benzene rings is 1. The van der Waals surface area contributed by atoms with Crippen LogP contribution in [0.4, 0.5) is 0 Å². The standard InChI is InChI=1S/C12H18N2O/c1-3-13-12(15)9-14-10(2)11-7-5-4-6-8-11/h4-8,10,14H,3,9H2,1-2H3,(H,13,15)/t10-/m1/s1. The maximum atomic E-state index is 11.2. The molecule has 2 N–H and O–H groups in total. The number of carbonyl (C=O) groups excluding carboxylic acids is 1. The number of carbonyl (C=O) groups is 1. The van der Waals surface area contributed by atoms with E-state index in [1.54, 1.807) is 0 Å². The van der Waals surface area contributed by atoms with Gasteiger partial charge in [-0.2, -0.15) is 0 Å². The van der Waals surface area contributed by atoms with E-state index in [4.69, 9.17) is 0 Å². The normalized spacial score (nSPS) is 12.1. The molecule has 0 heterocycles. The van der Waals surface area contributed by atoms with Crippen molar-refractivity contribution in [3.8, 4) is 0 Å². The minimum absolute atomic E-state index is 0.0419. The lowest BCUT2D eigenvalue weighted by Gasteiger charge is -2.13. The molecule has 1 amide bonds. The van der Waals surface area contributed by atoms with E-state index in [1.807, 2.05) is 25.1 Å². The molecular formula is C12H18N2O. The van der Waals surface area contributed by atoms with Crippen LogP contribution in [0.3, 0.4) is 0 Å². The Labute approximate surface area is 90.9 Å². The van der Waals surface area contributed by atoms with Crippen molar-refractivity contribution in [2.24, 2.45) is 0 Å². The molecule has 1 rings (SSSR count). The van der Waals surface area contributed by atoms with Gasteiger partial charge in [0.25, 0.3) is 0 Å². The van der Waals surface area contributed by atoms with E-state index in [1.165, 1.54) is 5.56 Å². The number of nitrogens with one attached hydrogen (secondary N) is 2. The minimum Gasteiger partial charge on any atom is -0.355 e. The van der Waals surface area contributed by atoms with E-state index in [-0.39, 0.29) is 11.9 Å². The lowest BCUT2D eigenvalue weighted by molar-refractivity contribution is -0.120. The number of hydrogen-bond donors (Lipinski definition) is 2. The summed E-state index contributed by atoms with van der Waals surface area (Å²) in [4.78, 5) is 11.2. The molecule has 0 aromatic heterocycles. The minimum atomic E-state index is 0.0419. The molecule has 0 saturated carbocycles. The Bertz CT molecular complexity index is 298. The first-order chi connectivity index (χ1) is 7.24. The highest BCUT2D eigenvalue weighted by atomic mass is 16.1. The molecule has 0 spiro atoms. The number of rotatable bonds is 5. The zero-order valence-corrected chi connectivity index (χ0v) is 9.29. The lowest BCUT2D eigenvalue weighted by atomic mass is 10.1. The molecule has 15 heavy (non-hydrogen) atoms. The second kappa shape index (κ2) is 6.19. The summed E-state index contributed by atoms with van der Waals surface area (Å²) < 4.78 is 0. The monoisotopic (exact) mass is 206 g/mol. The molecule has 0 saturated heterocycles. The quantitative estimate of drug-likeness (QED) is 0.766. The average molecular weight is 206 g/mol. The summed E-state index contributed by atoms with van der Waals surface area (Å²) in [5.41, 5.74) is 1.20.